The van der Waals surface area contributed by atoms with Crippen molar-refractivity contribution >= 4 is 0 Å². The molecule has 0 radical (unpaired) electrons. The summed E-state index contributed by atoms with van der Waals surface area (Å²) in [7, 11) is 0. The van der Waals surface area contributed by atoms with Crippen LogP contribution in [0.25, 0.3) is 0 Å². The van der Waals surface area contributed by atoms with Crippen LogP contribution in [0, 0.1) is 0 Å². The Hall–Kier alpha value is -1.22. The summed E-state index contributed by atoms with van der Waals surface area (Å²) in [4.78, 5) is 0. The lowest BCUT2D eigenvalue weighted by atomic mass is 9.83. The maximum absolute atomic E-state index is 9.30. The number of rotatable bonds is 3. The molecule has 0 aliphatic heterocycles. The summed E-state index contributed by atoms with van der Waals surface area (Å²) in [5.41, 5.74) is 6.08. The van der Waals surface area contributed by atoms with E-state index in [-0.39, 0.29) is 11.3 Å². The van der Waals surface area contributed by atoms with Crippen LogP contribution in [-0.4, -0.2) is 17.3 Å². The van der Waals surface area contributed by atoms with Crippen molar-refractivity contribution in [3.05, 3.63) is 24.3 Å². The zero-order valence-electron chi connectivity index (χ0n) is 9.48. The van der Waals surface area contributed by atoms with Crippen molar-refractivity contribution in [2.75, 3.05) is 6.61 Å². The normalized spacial score (nSPS) is 19.3. The minimum Gasteiger partial charge on any atom is -0.508 e. The summed E-state index contributed by atoms with van der Waals surface area (Å²) >= 11 is 0. The minimum absolute atomic E-state index is 0.177. The molecule has 0 saturated heterocycles. The molecule has 3 heteroatoms. The third-order valence-corrected chi connectivity index (χ3v) is 3.19. The molecule has 0 aromatic heterocycles. The number of benzene rings is 1. The highest BCUT2D eigenvalue weighted by atomic mass is 16.5. The van der Waals surface area contributed by atoms with Gasteiger partial charge >= 0.3 is 0 Å². The lowest BCUT2D eigenvalue weighted by molar-refractivity contribution is 0.173. The molecule has 0 spiro atoms. The zero-order chi connectivity index (χ0) is 11.4. The van der Waals surface area contributed by atoms with E-state index in [1.165, 1.54) is 19.3 Å². The van der Waals surface area contributed by atoms with E-state index in [0.717, 1.165) is 12.8 Å². The van der Waals surface area contributed by atoms with Crippen LogP contribution < -0.4 is 10.5 Å². The lowest BCUT2D eigenvalue weighted by Gasteiger charge is -2.33. The lowest BCUT2D eigenvalue weighted by Crippen LogP contribution is -2.47. The second-order valence-corrected chi connectivity index (χ2v) is 4.71. The Bertz CT molecular complexity index is 346. The number of ether oxygens (including phenoxy) is 1. The van der Waals surface area contributed by atoms with Crippen LogP contribution in [-0.2, 0) is 0 Å². The number of hydrogen-bond donors (Lipinski definition) is 2. The van der Waals surface area contributed by atoms with Crippen molar-refractivity contribution in [1.82, 2.24) is 0 Å². The fourth-order valence-corrected chi connectivity index (χ4v) is 2.20. The third kappa shape index (κ3) is 2.89. The van der Waals surface area contributed by atoms with Gasteiger partial charge in [0, 0.05) is 6.07 Å². The van der Waals surface area contributed by atoms with Crippen LogP contribution in [0.1, 0.15) is 32.1 Å². The summed E-state index contributed by atoms with van der Waals surface area (Å²) in [5.74, 6) is 0.919. The molecule has 1 aromatic rings. The van der Waals surface area contributed by atoms with E-state index in [1.807, 2.05) is 6.07 Å². The van der Waals surface area contributed by atoms with Gasteiger partial charge in [-0.1, -0.05) is 25.3 Å². The van der Waals surface area contributed by atoms with Crippen molar-refractivity contribution < 1.29 is 9.84 Å². The SMILES string of the molecule is NC1(COc2cccc(O)c2)CCCCC1. The Morgan fingerprint density at radius 3 is 2.69 bits per heavy atom. The second kappa shape index (κ2) is 4.74. The fraction of sp³-hybridized carbons (Fsp3) is 0.538. The van der Waals surface area contributed by atoms with Crippen LogP contribution in [0.5, 0.6) is 11.5 Å². The van der Waals surface area contributed by atoms with Gasteiger partial charge in [-0.05, 0) is 25.0 Å². The summed E-state index contributed by atoms with van der Waals surface area (Å²) in [5, 5.41) is 9.30. The average Bonchev–Trinajstić information content (AvgIpc) is 2.28. The molecule has 1 fully saturated rings. The van der Waals surface area contributed by atoms with Gasteiger partial charge in [-0.2, -0.15) is 0 Å². The van der Waals surface area contributed by atoms with Gasteiger partial charge in [-0.3, -0.25) is 0 Å². The van der Waals surface area contributed by atoms with Crippen LogP contribution in [0.2, 0.25) is 0 Å². The number of nitrogens with two attached hydrogens (primary N) is 1. The fourth-order valence-electron chi connectivity index (χ4n) is 2.20. The Labute approximate surface area is 96.2 Å². The van der Waals surface area contributed by atoms with Gasteiger partial charge in [0.2, 0.25) is 0 Å². The molecular weight excluding hydrogens is 202 g/mol. The van der Waals surface area contributed by atoms with Gasteiger partial charge in [-0.15, -0.1) is 0 Å². The van der Waals surface area contributed by atoms with Crippen molar-refractivity contribution in [3.8, 4) is 11.5 Å². The Morgan fingerprint density at radius 2 is 2.00 bits per heavy atom. The van der Waals surface area contributed by atoms with Crippen molar-refractivity contribution in [2.24, 2.45) is 5.73 Å². The molecule has 1 aliphatic carbocycles. The van der Waals surface area contributed by atoms with E-state index in [9.17, 15) is 5.11 Å². The van der Waals surface area contributed by atoms with Crippen LogP contribution in [0.4, 0.5) is 0 Å². The number of aromatic hydroxyl groups is 1. The van der Waals surface area contributed by atoms with E-state index in [4.69, 9.17) is 10.5 Å². The minimum atomic E-state index is -0.177. The molecule has 88 valence electrons. The first-order valence-corrected chi connectivity index (χ1v) is 5.89. The van der Waals surface area contributed by atoms with Gasteiger partial charge < -0.3 is 15.6 Å². The first-order valence-electron chi connectivity index (χ1n) is 5.89. The third-order valence-electron chi connectivity index (χ3n) is 3.19. The highest BCUT2D eigenvalue weighted by Gasteiger charge is 2.28. The van der Waals surface area contributed by atoms with Crippen molar-refractivity contribution in [3.63, 3.8) is 0 Å². The molecule has 0 atom stereocenters. The quantitative estimate of drug-likeness (QED) is 0.824. The number of phenolic OH excluding ortho intramolecular Hbond substituents is 1. The summed E-state index contributed by atoms with van der Waals surface area (Å²) in [6.45, 7) is 0.538. The van der Waals surface area contributed by atoms with E-state index in [0.29, 0.717) is 12.4 Å². The molecule has 1 aromatic carbocycles. The van der Waals surface area contributed by atoms with Gasteiger partial charge in [0.25, 0.3) is 0 Å². The Balaban J connectivity index is 1.91. The molecule has 0 amide bonds. The van der Waals surface area contributed by atoms with E-state index >= 15 is 0 Å². The topological polar surface area (TPSA) is 55.5 Å². The van der Waals surface area contributed by atoms with Gasteiger partial charge in [0.05, 0.1) is 5.54 Å². The Kier molecular flexibility index (Phi) is 3.34. The summed E-state index contributed by atoms with van der Waals surface area (Å²) in [6.07, 6.45) is 5.74. The average molecular weight is 221 g/mol. The molecular formula is C13H19NO2. The molecule has 0 unspecified atom stereocenters. The number of phenols is 1. The standard InChI is InChI=1S/C13H19NO2/c14-13(7-2-1-3-8-13)10-16-12-6-4-5-11(15)9-12/h4-6,9,15H,1-3,7-8,10,14H2. The van der Waals surface area contributed by atoms with Gasteiger partial charge in [0.15, 0.2) is 0 Å². The van der Waals surface area contributed by atoms with Crippen LogP contribution in [0.3, 0.4) is 0 Å². The molecule has 0 bridgehead atoms. The van der Waals surface area contributed by atoms with Crippen molar-refractivity contribution in [1.29, 1.82) is 0 Å². The highest BCUT2D eigenvalue weighted by molar-refractivity contribution is 5.31. The van der Waals surface area contributed by atoms with E-state index in [2.05, 4.69) is 0 Å². The molecule has 16 heavy (non-hydrogen) atoms. The first-order chi connectivity index (χ1) is 7.68. The maximum Gasteiger partial charge on any atom is 0.123 e. The monoisotopic (exact) mass is 221 g/mol. The van der Waals surface area contributed by atoms with E-state index in [1.54, 1.807) is 18.2 Å². The highest BCUT2D eigenvalue weighted by Crippen LogP contribution is 2.27. The molecule has 1 aliphatic rings. The molecule has 0 heterocycles. The van der Waals surface area contributed by atoms with Crippen LogP contribution >= 0.6 is 0 Å². The number of hydrogen-bond acceptors (Lipinski definition) is 3. The van der Waals surface area contributed by atoms with Gasteiger partial charge in [0.1, 0.15) is 18.1 Å². The molecule has 1 saturated carbocycles. The smallest absolute Gasteiger partial charge is 0.123 e. The molecule has 3 nitrogen and oxygen atoms in total. The van der Waals surface area contributed by atoms with Crippen LogP contribution in [0.15, 0.2) is 24.3 Å². The first kappa shape index (κ1) is 11.3. The predicted molar refractivity (Wildman–Crippen MR) is 63.6 cm³/mol. The maximum atomic E-state index is 9.30. The summed E-state index contributed by atoms with van der Waals surface area (Å²) < 4.78 is 5.64. The predicted octanol–water partition coefficient (Wildman–Crippen LogP) is 2.43. The van der Waals surface area contributed by atoms with E-state index < -0.39 is 0 Å². The second-order valence-electron chi connectivity index (χ2n) is 4.71. The summed E-state index contributed by atoms with van der Waals surface area (Å²) in [6, 6.07) is 6.86. The zero-order valence-corrected chi connectivity index (χ0v) is 9.48. The molecule has 3 N–H and O–H groups in total. The van der Waals surface area contributed by atoms with Crippen molar-refractivity contribution in [2.45, 2.75) is 37.6 Å². The largest absolute Gasteiger partial charge is 0.508 e. The Morgan fingerprint density at radius 1 is 1.25 bits per heavy atom. The molecule has 2 rings (SSSR count). The van der Waals surface area contributed by atoms with Gasteiger partial charge in [-0.25, -0.2) is 0 Å².